The zero-order valence-electron chi connectivity index (χ0n) is 10.7. The van der Waals surface area contributed by atoms with Crippen molar-refractivity contribution in [1.29, 1.82) is 0 Å². The van der Waals surface area contributed by atoms with Gasteiger partial charge in [-0.2, -0.15) is 0 Å². The van der Waals surface area contributed by atoms with Crippen LogP contribution in [0.5, 0.6) is 11.5 Å². The lowest BCUT2D eigenvalue weighted by Crippen LogP contribution is -2.05. The molecule has 1 aromatic heterocycles. The zero-order valence-corrected chi connectivity index (χ0v) is 10.7. The molecule has 2 aliphatic heterocycles. The Hall–Kier alpha value is -3.02. The molecule has 0 aliphatic carbocycles. The van der Waals surface area contributed by atoms with E-state index in [1.165, 1.54) is 12.3 Å². The van der Waals surface area contributed by atoms with Gasteiger partial charge >= 0.3 is 5.97 Å². The number of fused-ring (bicyclic) bond motifs is 1. The van der Waals surface area contributed by atoms with E-state index in [1.807, 2.05) is 0 Å². The predicted molar refractivity (Wildman–Crippen MR) is 71.9 cm³/mol. The molecule has 6 heteroatoms. The van der Waals surface area contributed by atoms with Gasteiger partial charge in [-0.05, 0) is 30.3 Å². The number of carbonyl (C=O) groups is 1. The summed E-state index contributed by atoms with van der Waals surface area (Å²) in [5.74, 6) is 1.53. The first kappa shape index (κ1) is 11.8. The predicted octanol–water partition coefficient (Wildman–Crippen LogP) is 2.35. The highest BCUT2D eigenvalue weighted by Crippen LogP contribution is 2.33. The number of carbonyl (C=O) groups excluding carboxylic acids is 1. The van der Waals surface area contributed by atoms with Gasteiger partial charge in [-0.25, -0.2) is 9.79 Å². The highest BCUT2D eigenvalue weighted by molar-refractivity contribution is 6.12. The van der Waals surface area contributed by atoms with Crippen molar-refractivity contribution in [2.75, 3.05) is 6.79 Å². The number of esters is 1. The van der Waals surface area contributed by atoms with E-state index in [9.17, 15) is 4.79 Å². The van der Waals surface area contributed by atoms with E-state index >= 15 is 0 Å². The van der Waals surface area contributed by atoms with Crippen molar-refractivity contribution in [2.24, 2.45) is 4.99 Å². The van der Waals surface area contributed by atoms with Crippen LogP contribution >= 0.6 is 0 Å². The van der Waals surface area contributed by atoms with Crippen LogP contribution in [0.3, 0.4) is 0 Å². The zero-order chi connectivity index (χ0) is 14.2. The number of aliphatic imine (C=N–C) groups is 1. The molecule has 0 amide bonds. The van der Waals surface area contributed by atoms with Crippen molar-refractivity contribution in [3.8, 4) is 11.5 Å². The van der Waals surface area contributed by atoms with Crippen molar-refractivity contribution in [3.05, 3.63) is 53.6 Å². The molecule has 0 saturated heterocycles. The van der Waals surface area contributed by atoms with Gasteiger partial charge in [0.2, 0.25) is 12.7 Å². The maximum absolute atomic E-state index is 11.8. The molecule has 2 aliphatic rings. The minimum Gasteiger partial charge on any atom is -0.465 e. The SMILES string of the molecule is O=C1OC(c2ccc3c(c2)OCO3)=NC1=Cc1ccco1. The molecule has 104 valence electrons. The molecule has 0 unspecified atom stereocenters. The first-order chi connectivity index (χ1) is 10.3. The van der Waals surface area contributed by atoms with E-state index < -0.39 is 5.97 Å². The first-order valence-corrected chi connectivity index (χ1v) is 6.26. The molecule has 4 rings (SSSR count). The summed E-state index contributed by atoms with van der Waals surface area (Å²) < 4.78 is 20.9. The number of benzene rings is 1. The third-order valence-corrected chi connectivity index (χ3v) is 3.06. The summed E-state index contributed by atoms with van der Waals surface area (Å²) in [4.78, 5) is 16.0. The third kappa shape index (κ3) is 2.06. The van der Waals surface area contributed by atoms with Crippen molar-refractivity contribution in [1.82, 2.24) is 0 Å². The van der Waals surface area contributed by atoms with Gasteiger partial charge in [0.25, 0.3) is 0 Å². The minimum absolute atomic E-state index is 0.189. The topological polar surface area (TPSA) is 70.3 Å². The Morgan fingerprint density at radius 3 is 2.90 bits per heavy atom. The summed E-state index contributed by atoms with van der Waals surface area (Å²) in [7, 11) is 0. The summed E-state index contributed by atoms with van der Waals surface area (Å²) in [6.45, 7) is 0.189. The smallest absolute Gasteiger partial charge is 0.363 e. The van der Waals surface area contributed by atoms with Crippen LogP contribution in [0.1, 0.15) is 11.3 Å². The van der Waals surface area contributed by atoms with Crippen LogP contribution in [0, 0.1) is 0 Å². The highest BCUT2D eigenvalue weighted by atomic mass is 16.7. The molecule has 0 radical (unpaired) electrons. The van der Waals surface area contributed by atoms with Crippen molar-refractivity contribution >= 4 is 17.9 Å². The van der Waals surface area contributed by atoms with Gasteiger partial charge < -0.3 is 18.6 Å². The van der Waals surface area contributed by atoms with E-state index in [1.54, 1.807) is 30.3 Å². The molecule has 1 aromatic carbocycles. The van der Waals surface area contributed by atoms with Crippen LogP contribution in [-0.2, 0) is 9.53 Å². The largest absolute Gasteiger partial charge is 0.465 e. The number of rotatable bonds is 2. The summed E-state index contributed by atoms with van der Waals surface area (Å²) in [6.07, 6.45) is 3.05. The van der Waals surface area contributed by atoms with Crippen molar-refractivity contribution < 1.29 is 23.4 Å². The quantitative estimate of drug-likeness (QED) is 0.625. The Balaban J connectivity index is 1.68. The lowest BCUT2D eigenvalue weighted by molar-refractivity contribution is -0.129. The fourth-order valence-electron chi connectivity index (χ4n) is 2.07. The Kier molecular flexibility index (Phi) is 2.53. The lowest BCUT2D eigenvalue weighted by Gasteiger charge is -2.01. The third-order valence-electron chi connectivity index (χ3n) is 3.06. The van der Waals surface area contributed by atoms with Crippen molar-refractivity contribution in [2.45, 2.75) is 0 Å². The maximum Gasteiger partial charge on any atom is 0.363 e. The molecule has 0 bridgehead atoms. The van der Waals surface area contributed by atoms with Crippen LogP contribution in [0.4, 0.5) is 0 Å². The van der Waals surface area contributed by atoms with E-state index in [0.29, 0.717) is 22.8 Å². The van der Waals surface area contributed by atoms with E-state index in [4.69, 9.17) is 18.6 Å². The molecule has 21 heavy (non-hydrogen) atoms. The number of furan rings is 1. The highest BCUT2D eigenvalue weighted by Gasteiger charge is 2.26. The number of ether oxygens (including phenoxy) is 3. The number of hydrogen-bond donors (Lipinski definition) is 0. The molecule has 2 aromatic rings. The minimum atomic E-state index is -0.515. The summed E-state index contributed by atoms with van der Waals surface area (Å²) in [5, 5.41) is 0. The molecule has 0 fully saturated rings. The molecule has 0 spiro atoms. The fraction of sp³-hybridized carbons (Fsp3) is 0.0667. The van der Waals surface area contributed by atoms with Gasteiger partial charge in [-0.3, -0.25) is 0 Å². The van der Waals surface area contributed by atoms with Crippen LogP contribution in [0.25, 0.3) is 6.08 Å². The monoisotopic (exact) mass is 283 g/mol. The Labute approximate surface area is 119 Å². The second-order valence-electron chi connectivity index (χ2n) is 4.42. The Morgan fingerprint density at radius 1 is 1.14 bits per heavy atom. The first-order valence-electron chi connectivity index (χ1n) is 6.26. The fourth-order valence-corrected chi connectivity index (χ4v) is 2.07. The number of cyclic esters (lactones) is 1. The molecule has 0 atom stereocenters. The molecular weight excluding hydrogens is 274 g/mol. The summed E-state index contributed by atoms with van der Waals surface area (Å²) >= 11 is 0. The van der Waals surface area contributed by atoms with E-state index in [2.05, 4.69) is 4.99 Å². The molecule has 6 nitrogen and oxygen atoms in total. The van der Waals surface area contributed by atoms with Crippen LogP contribution < -0.4 is 9.47 Å². The Morgan fingerprint density at radius 2 is 2.05 bits per heavy atom. The van der Waals surface area contributed by atoms with Crippen molar-refractivity contribution in [3.63, 3.8) is 0 Å². The van der Waals surface area contributed by atoms with E-state index in [-0.39, 0.29) is 18.4 Å². The standard InChI is InChI=1S/C15H9NO5/c17-15-11(7-10-2-1-5-18-10)16-14(21-15)9-3-4-12-13(6-9)20-8-19-12/h1-7H,8H2. The molecule has 0 N–H and O–H groups in total. The normalized spacial score (nSPS) is 18.0. The average molecular weight is 283 g/mol. The van der Waals surface area contributed by atoms with Gasteiger partial charge in [0.15, 0.2) is 17.2 Å². The maximum atomic E-state index is 11.8. The van der Waals surface area contributed by atoms with Crippen LogP contribution in [0.15, 0.2) is 51.7 Å². The van der Waals surface area contributed by atoms with Gasteiger partial charge in [-0.1, -0.05) is 0 Å². The van der Waals surface area contributed by atoms with E-state index in [0.717, 1.165) is 0 Å². The average Bonchev–Trinajstić information content (AvgIpc) is 3.20. The van der Waals surface area contributed by atoms with Crippen LogP contribution in [-0.4, -0.2) is 18.7 Å². The Bertz CT molecular complexity index is 773. The summed E-state index contributed by atoms with van der Waals surface area (Å²) in [5.41, 5.74) is 0.841. The molecular formula is C15H9NO5. The van der Waals surface area contributed by atoms with Gasteiger partial charge in [-0.15, -0.1) is 0 Å². The van der Waals surface area contributed by atoms with Gasteiger partial charge in [0.05, 0.1) is 6.26 Å². The lowest BCUT2D eigenvalue weighted by atomic mass is 10.2. The second-order valence-corrected chi connectivity index (χ2v) is 4.42. The second kappa shape index (κ2) is 4.52. The molecule has 3 heterocycles. The number of nitrogens with zero attached hydrogens (tertiary/aromatic N) is 1. The summed E-state index contributed by atoms with van der Waals surface area (Å²) in [6, 6.07) is 8.70. The molecule has 0 saturated carbocycles. The number of hydrogen-bond acceptors (Lipinski definition) is 6. The van der Waals surface area contributed by atoms with Crippen LogP contribution in [0.2, 0.25) is 0 Å². The van der Waals surface area contributed by atoms with Gasteiger partial charge in [0.1, 0.15) is 5.76 Å². The van der Waals surface area contributed by atoms with Gasteiger partial charge in [0, 0.05) is 11.6 Å².